The van der Waals surface area contributed by atoms with Crippen molar-refractivity contribution in [3.63, 3.8) is 0 Å². The number of hydrogen-bond donors (Lipinski definition) is 3. The van der Waals surface area contributed by atoms with E-state index in [2.05, 4.69) is 20.9 Å². The number of carbonyl (C=O) groups excluding carboxylic acids is 1. The molecule has 7 heteroatoms. The van der Waals surface area contributed by atoms with E-state index in [1.165, 1.54) is 18.2 Å². The van der Waals surface area contributed by atoms with Crippen LogP contribution in [0.15, 0.2) is 47.5 Å². The fraction of sp³-hybridized carbons (Fsp3) is 0.300. The summed E-state index contributed by atoms with van der Waals surface area (Å²) in [6.45, 7) is 3.02. The van der Waals surface area contributed by atoms with E-state index in [9.17, 15) is 13.6 Å². The molecule has 0 saturated carbocycles. The number of aryl methyl sites for hydroxylation is 1. The minimum atomic E-state index is -0.356. The normalized spacial score (nSPS) is 11.2. The highest BCUT2D eigenvalue weighted by molar-refractivity contribution is 5.80. The Morgan fingerprint density at radius 1 is 1.00 bits per heavy atom. The molecule has 5 nitrogen and oxygen atoms in total. The van der Waals surface area contributed by atoms with Gasteiger partial charge in [0.15, 0.2) is 5.96 Å². The van der Waals surface area contributed by atoms with Gasteiger partial charge in [0, 0.05) is 26.7 Å². The molecule has 0 aliphatic rings. The van der Waals surface area contributed by atoms with Gasteiger partial charge in [-0.15, -0.1) is 0 Å². The third-order valence-corrected chi connectivity index (χ3v) is 3.91. The van der Waals surface area contributed by atoms with Crippen LogP contribution in [0.1, 0.15) is 16.7 Å². The van der Waals surface area contributed by atoms with E-state index in [0.29, 0.717) is 36.7 Å². The van der Waals surface area contributed by atoms with Crippen LogP contribution in [0.2, 0.25) is 0 Å². The summed E-state index contributed by atoms with van der Waals surface area (Å²) in [6.07, 6.45) is 0.129. The Bertz CT molecular complexity index is 808. The Morgan fingerprint density at radius 3 is 2.48 bits per heavy atom. The highest BCUT2D eigenvalue weighted by Crippen LogP contribution is 2.08. The number of hydrogen-bond acceptors (Lipinski definition) is 2. The predicted molar refractivity (Wildman–Crippen MR) is 102 cm³/mol. The lowest BCUT2D eigenvalue weighted by Crippen LogP contribution is -2.41. The molecule has 0 saturated heterocycles. The lowest BCUT2D eigenvalue weighted by molar-refractivity contribution is -0.120. The van der Waals surface area contributed by atoms with E-state index in [-0.39, 0.29) is 24.0 Å². The van der Waals surface area contributed by atoms with Crippen LogP contribution in [0.4, 0.5) is 8.78 Å². The van der Waals surface area contributed by atoms with Crippen LogP contribution in [-0.2, 0) is 17.8 Å². The molecule has 0 heterocycles. The van der Waals surface area contributed by atoms with Crippen molar-refractivity contribution in [3.05, 3.63) is 70.8 Å². The lowest BCUT2D eigenvalue weighted by Gasteiger charge is -2.13. The first-order valence-corrected chi connectivity index (χ1v) is 8.68. The van der Waals surface area contributed by atoms with Gasteiger partial charge in [-0.25, -0.2) is 8.78 Å². The molecule has 2 aromatic rings. The molecule has 0 bridgehead atoms. The summed E-state index contributed by atoms with van der Waals surface area (Å²) >= 11 is 0. The molecular formula is C20H24F2N4O. The number of amides is 1. The largest absolute Gasteiger partial charge is 0.355 e. The van der Waals surface area contributed by atoms with Crippen molar-refractivity contribution in [2.24, 2.45) is 4.99 Å². The number of aliphatic imine (C=N–C) groups is 1. The first-order valence-electron chi connectivity index (χ1n) is 8.68. The topological polar surface area (TPSA) is 65.5 Å². The standard InChI is InChI=1S/C20H24F2N4O/c1-14-6-7-16(11-18(14)22)13-26-20(23-2)25-9-8-24-19(27)12-15-4-3-5-17(21)10-15/h3-7,10-11H,8-9,12-13H2,1-2H3,(H,24,27)(H2,23,25,26). The number of rotatable bonds is 7. The molecule has 144 valence electrons. The van der Waals surface area contributed by atoms with Crippen molar-refractivity contribution in [2.75, 3.05) is 20.1 Å². The fourth-order valence-electron chi connectivity index (χ4n) is 2.43. The van der Waals surface area contributed by atoms with Crippen LogP contribution < -0.4 is 16.0 Å². The number of carbonyl (C=O) groups is 1. The molecule has 0 unspecified atom stereocenters. The first-order chi connectivity index (χ1) is 13.0. The Balaban J connectivity index is 1.68. The summed E-state index contributed by atoms with van der Waals surface area (Å²) in [5, 5.41) is 8.91. The number of benzene rings is 2. The summed E-state index contributed by atoms with van der Waals surface area (Å²) in [5.41, 5.74) is 2.04. The smallest absolute Gasteiger partial charge is 0.224 e. The van der Waals surface area contributed by atoms with Crippen molar-refractivity contribution < 1.29 is 13.6 Å². The monoisotopic (exact) mass is 374 g/mol. The molecule has 0 aromatic heterocycles. The van der Waals surface area contributed by atoms with Gasteiger partial charge in [-0.2, -0.15) is 0 Å². The van der Waals surface area contributed by atoms with Crippen LogP contribution in [0.3, 0.4) is 0 Å². The molecule has 0 spiro atoms. The zero-order chi connectivity index (χ0) is 19.6. The van der Waals surface area contributed by atoms with Gasteiger partial charge < -0.3 is 16.0 Å². The summed E-state index contributed by atoms with van der Waals surface area (Å²) in [6, 6.07) is 11.0. The number of nitrogens with zero attached hydrogens (tertiary/aromatic N) is 1. The summed E-state index contributed by atoms with van der Waals surface area (Å²) in [4.78, 5) is 15.9. The molecule has 27 heavy (non-hydrogen) atoms. The van der Waals surface area contributed by atoms with Crippen molar-refractivity contribution >= 4 is 11.9 Å². The van der Waals surface area contributed by atoms with Gasteiger partial charge in [0.2, 0.25) is 5.91 Å². The minimum absolute atomic E-state index is 0.129. The van der Waals surface area contributed by atoms with Crippen LogP contribution >= 0.6 is 0 Å². The molecule has 3 N–H and O–H groups in total. The zero-order valence-corrected chi connectivity index (χ0v) is 15.5. The van der Waals surface area contributed by atoms with E-state index in [1.54, 1.807) is 32.2 Å². The highest BCUT2D eigenvalue weighted by Gasteiger charge is 2.05. The average Bonchev–Trinajstić information content (AvgIpc) is 2.64. The van der Waals surface area contributed by atoms with E-state index in [1.807, 2.05) is 6.07 Å². The summed E-state index contributed by atoms with van der Waals surface area (Å²) in [7, 11) is 1.63. The maximum absolute atomic E-state index is 13.6. The maximum atomic E-state index is 13.6. The average molecular weight is 374 g/mol. The Hall–Kier alpha value is -2.96. The first kappa shape index (κ1) is 20.4. The van der Waals surface area contributed by atoms with Crippen LogP contribution in [0.25, 0.3) is 0 Å². The second kappa shape index (κ2) is 10.3. The summed E-state index contributed by atoms with van der Waals surface area (Å²) < 4.78 is 26.7. The van der Waals surface area contributed by atoms with Gasteiger partial charge in [-0.1, -0.05) is 24.3 Å². The third-order valence-electron chi connectivity index (χ3n) is 3.91. The second-order valence-electron chi connectivity index (χ2n) is 6.09. The molecule has 0 radical (unpaired) electrons. The number of halogens is 2. The SMILES string of the molecule is CN=C(NCCNC(=O)Cc1cccc(F)c1)NCc1ccc(C)c(F)c1. The second-order valence-corrected chi connectivity index (χ2v) is 6.09. The Kier molecular flexibility index (Phi) is 7.73. The van der Waals surface area contributed by atoms with E-state index >= 15 is 0 Å². The van der Waals surface area contributed by atoms with E-state index in [4.69, 9.17) is 0 Å². The highest BCUT2D eigenvalue weighted by atomic mass is 19.1. The van der Waals surface area contributed by atoms with Crippen LogP contribution in [-0.4, -0.2) is 32.0 Å². The summed E-state index contributed by atoms with van der Waals surface area (Å²) in [5.74, 6) is -0.223. The molecule has 0 atom stereocenters. The molecule has 0 aliphatic heterocycles. The van der Waals surface area contributed by atoms with Crippen molar-refractivity contribution in [3.8, 4) is 0 Å². The van der Waals surface area contributed by atoms with Crippen molar-refractivity contribution in [1.29, 1.82) is 0 Å². The van der Waals surface area contributed by atoms with Gasteiger partial charge in [0.1, 0.15) is 11.6 Å². The molecule has 0 aliphatic carbocycles. The third kappa shape index (κ3) is 7.05. The Labute approximate surface area is 157 Å². The Morgan fingerprint density at radius 2 is 1.78 bits per heavy atom. The predicted octanol–water partition coefficient (Wildman–Crippen LogP) is 2.30. The zero-order valence-electron chi connectivity index (χ0n) is 15.5. The van der Waals surface area contributed by atoms with E-state index < -0.39 is 0 Å². The van der Waals surface area contributed by atoms with Gasteiger partial charge in [0.25, 0.3) is 0 Å². The van der Waals surface area contributed by atoms with E-state index in [0.717, 1.165) is 5.56 Å². The molecule has 1 amide bonds. The molecule has 0 fully saturated rings. The quantitative estimate of drug-likeness (QED) is 0.396. The minimum Gasteiger partial charge on any atom is -0.355 e. The van der Waals surface area contributed by atoms with Crippen molar-refractivity contribution in [2.45, 2.75) is 19.9 Å². The molecule has 2 aromatic carbocycles. The number of guanidine groups is 1. The van der Waals surface area contributed by atoms with Gasteiger partial charge in [0.05, 0.1) is 6.42 Å². The van der Waals surface area contributed by atoms with Crippen LogP contribution in [0, 0.1) is 18.6 Å². The van der Waals surface area contributed by atoms with Crippen molar-refractivity contribution in [1.82, 2.24) is 16.0 Å². The molecular weight excluding hydrogens is 350 g/mol. The van der Waals surface area contributed by atoms with Gasteiger partial charge in [-0.05, 0) is 41.8 Å². The number of nitrogens with one attached hydrogen (secondary N) is 3. The van der Waals surface area contributed by atoms with Gasteiger partial charge in [-0.3, -0.25) is 9.79 Å². The molecule has 2 rings (SSSR count). The fourth-order valence-corrected chi connectivity index (χ4v) is 2.43. The van der Waals surface area contributed by atoms with Crippen LogP contribution in [0.5, 0.6) is 0 Å². The lowest BCUT2D eigenvalue weighted by atomic mass is 10.1. The maximum Gasteiger partial charge on any atom is 0.224 e. The van der Waals surface area contributed by atoms with Gasteiger partial charge >= 0.3 is 0 Å².